The summed E-state index contributed by atoms with van der Waals surface area (Å²) >= 11 is 1.49. The number of likely N-dealkylation sites (tertiary alicyclic amines) is 1. The van der Waals surface area contributed by atoms with Crippen LogP contribution in [0.5, 0.6) is 0 Å². The van der Waals surface area contributed by atoms with Crippen LogP contribution in [0.4, 0.5) is 15.6 Å². The molecule has 218 valence electrons. The number of hydrogen-bond donors (Lipinski definition) is 2. The molecule has 3 heterocycles. The first-order valence-electron chi connectivity index (χ1n) is 13.9. The fourth-order valence-electron chi connectivity index (χ4n) is 5.24. The van der Waals surface area contributed by atoms with Gasteiger partial charge < -0.3 is 19.9 Å². The number of thiazole rings is 1. The van der Waals surface area contributed by atoms with Gasteiger partial charge in [0.1, 0.15) is 5.60 Å². The third-order valence-electron chi connectivity index (χ3n) is 7.29. The van der Waals surface area contributed by atoms with Crippen LogP contribution in [0, 0.1) is 17.2 Å². The first-order valence-corrected chi connectivity index (χ1v) is 14.7. The molecule has 2 N–H and O–H groups in total. The molecule has 2 aliphatic heterocycles. The molecule has 0 radical (unpaired) electrons. The second-order valence-corrected chi connectivity index (χ2v) is 12.8. The molecule has 1 saturated heterocycles. The predicted molar refractivity (Wildman–Crippen MR) is 160 cm³/mol. The molecule has 1 fully saturated rings. The number of rotatable bonds is 5. The molecule has 0 spiro atoms. The molecule has 0 aliphatic carbocycles. The minimum absolute atomic E-state index is 0.152. The molecule has 3 aromatic rings. The van der Waals surface area contributed by atoms with Gasteiger partial charge in [-0.05, 0) is 63.7 Å². The van der Waals surface area contributed by atoms with Gasteiger partial charge in [0.2, 0.25) is 5.91 Å². The SMILES string of the molecule is CN1CCc2nc(NC(=O)c3cccc([C@H]4CN(C(=O)OC(C)(C)C)C[C@@H]4C(=O)Nc4cccc(C#N)c4)c3)sc2C1. The number of nitrogens with one attached hydrogen (secondary N) is 2. The predicted octanol–water partition coefficient (Wildman–Crippen LogP) is 4.84. The van der Waals surface area contributed by atoms with Crippen LogP contribution in [0.2, 0.25) is 0 Å². The van der Waals surface area contributed by atoms with E-state index >= 15 is 0 Å². The van der Waals surface area contributed by atoms with E-state index in [9.17, 15) is 19.6 Å². The number of ether oxygens (including phenoxy) is 1. The summed E-state index contributed by atoms with van der Waals surface area (Å²) in [4.78, 5) is 49.4. The summed E-state index contributed by atoms with van der Waals surface area (Å²) in [5.41, 5.74) is 2.48. The Morgan fingerprint density at radius 3 is 2.64 bits per heavy atom. The maximum Gasteiger partial charge on any atom is 0.410 e. The highest BCUT2D eigenvalue weighted by Gasteiger charge is 2.42. The van der Waals surface area contributed by atoms with Gasteiger partial charge in [0.15, 0.2) is 5.13 Å². The third-order valence-corrected chi connectivity index (χ3v) is 8.28. The van der Waals surface area contributed by atoms with Crippen LogP contribution in [0.25, 0.3) is 0 Å². The first-order chi connectivity index (χ1) is 20.0. The van der Waals surface area contributed by atoms with E-state index in [1.165, 1.54) is 16.2 Å². The standard InChI is InChI=1S/C31H34N6O4S/c1-31(2,3)41-30(40)37-16-23(24(17-37)28(39)33-22-10-5-7-19(13-22)15-32)20-8-6-9-21(14-20)27(38)35-29-34-25-11-12-36(4)18-26(25)42-29/h5-10,13-14,23-24H,11-12,16-18H2,1-4H3,(H,33,39)(H,34,35,38)/t23-,24+/m1/s1. The first kappa shape index (κ1) is 29.2. The minimum atomic E-state index is -0.687. The third kappa shape index (κ3) is 6.78. The van der Waals surface area contributed by atoms with Crippen LogP contribution in [-0.4, -0.2) is 65.0 Å². The maximum atomic E-state index is 13.6. The summed E-state index contributed by atoms with van der Waals surface area (Å²) in [5.74, 6) is -1.56. The van der Waals surface area contributed by atoms with Crippen molar-refractivity contribution in [1.29, 1.82) is 5.26 Å². The number of carbonyl (C=O) groups is 3. The Kier molecular flexibility index (Phi) is 8.29. The summed E-state index contributed by atoms with van der Waals surface area (Å²) in [5, 5.41) is 15.7. The van der Waals surface area contributed by atoms with Gasteiger partial charge in [-0.1, -0.05) is 18.2 Å². The molecule has 0 unspecified atom stereocenters. The molecule has 2 aliphatic rings. The molecule has 2 aromatic carbocycles. The molecule has 0 bridgehead atoms. The molecule has 5 rings (SSSR count). The van der Waals surface area contributed by atoms with Gasteiger partial charge in [0.05, 0.1) is 23.2 Å². The quantitative estimate of drug-likeness (QED) is 0.438. The molecular formula is C31H34N6O4S. The van der Waals surface area contributed by atoms with Crippen LogP contribution in [0.1, 0.15) is 58.7 Å². The normalized spacial score (nSPS) is 18.6. The van der Waals surface area contributed by atoms with Crippen molar-refractivity contribution in [2.24, 2.45) is 5.92 Å². The van der Waals surface area contributed by atoms with E-state index in [1.54, 1.807) is 63.2 Å². The summed E-state index contributed by atoms with van der Waals surface area (Å²) in [6.07, 6.45) is 0.356. The molecule has 3 amide bonds. The van der Waals surface area contributed by atoms with E-state index < -0.39 is 17.6 Å². The molecule has 0 saturated carbocycles. The Balaban J connectivity index is 1.37. The van der Waals surface area contributed by atoms with Crippen LogP contribution in [0.3, 0.4) is 0 Å². The van der Waals surface area contributed by atoms with Crippen LogP contribution < -0.4 is 10.6 Å². The fourth-order valence-corrected chi connectivity index (χ4v) is 6.32. The van der Waals surface area contributed by atoms with Crippen molar-refractivity contribution in [3.63, 3.8) is 0 Å². The maximum absolute atomic E-state index is 13.6. The average molecular weight is 587 g/mol. The zero-order chi connectivity index (χ0) is 30.0. The Bertz CT molecular complexity index is 1560. The fraction of sp³-hybridized carbons (Fsp3) is 0.387. The van der Waals surface area contributed by atoms with Gasteiger partial charge in [0, 0.05) is 54.6 Å². The van der Waals surface area contributed by atoms with Gasteiger partial charge >= 0.3 is 6.09 Å². The van der Waals surface area contributed by atoms with Crippen molar-refractivity contribution in [2.75, 3.05) is 37.3 Å². The van der Waals surface area contributed by atoms with Gasteiger partial charge in [-0.15, -0.1) is 11.3 Å². The number of amides is 3. The lowest BCUT2D eigenvalue weighted by Crippen LogP contribution is -2.36. The lowest BCUT2D eigenvalue weighted by Gasteiger charge is -2.24. The molecule has 1 aromatic heterocycles. The summed E-state index contributed by atoms with van der Waals surface area (Å²) < 4.78 is 5.60. The van der Waals surface area contributed by atoms with Crippen molar-refractivity contribution in [2.45, 2.75) is 45.3 Å². The van der Waals surface area contributed by atoms with E-state index in [2.05, 4.69) is 33.6 Å². The van der Waals surface area contributed by atoms with Gasteiger partial charge in [0.25, 0.3) is 5.91 Å². The molecule has 2 atom stereocenters. The number of likely N-dealkylation sites (N-methyl/N-ethyl adjacent to an activating group) is 1. The van der Waals surface area contributed by atoms with Crippen LogP contribution >= 0.6 is 11.3 Å². The van der Waals surface area contributed by atoms with Gasteiger partial charge in [-0.2, -0.15) is 5.26 Å². The van der Waals surface area contributed by atoms with Crippen molar-refractivity contribution in [3.05, 3.63) is 75.8 Å². The summed E-state index contributed by atoms with van der Waals surface area (Å²) in [7, 11) is 2.07. The number of hydrogen-bond acceptors (Lipinski definition) is 8. The molecule has 11 heteroatoms. The Labute approximate surface area is 249 Å². The number of carbonyl (C=O) groups excluding carboxylic acids is 3. The number of benzene rings is 2. The van der Waals surface area contributed by atoms with Crippen LogP contribution in [0.15, 0.2) is 48.5 Å². The largest absolute Gasteiger partial charge is 0.444 e. The number of fused-ring (bicyclic) bond motifs is 1. The van der Waals surface area contributed by atoms with E-state index in [4.69, 9.17) is 4.74 Å². The van der Waals surface area contributed by atoms with E-state index in [0.29, 0.717) is 21.9 Å². The highest BCUT2D eigenvalue weighted by Crippen LogP contribution is 2.35. The summed E-state index contributed by atoms with van der Waals surface area (Å²) in [6, 6.07) is 15.9. The van der Waals surface area contributed by atoms with Crippen molar-refractivity contribution in [3.8, 4) is 6.07 Å². The Morgan fingerprint density at radius 2 is 1.88 bits per heavy atom. The number of nitriles is 1. The monoisotopic (exact) mass is 586 g/mol. The van der Waals surface area contributed by atoms with Gasteiger partial charge in [-0.3, -0.25) is 14.9 Å². The zero-order valence-corrected chi connectivity index (χ0v) is 25.0. The highest BCUT2D eigenvalue weighted by molar-refractivity contribution is 7.15. The van der Waals surface area contributed by atoms with Crippen molar-refractivity contribution in [1.82, 2.24) is 14.8 Å². The lowest BCUT2D eigenvalue weighted by atomic mass is 9.87. The average Bonchev–Trinajstić information content (AvgIpc) is 3.56. The Hall–Kier alpha value is -4.27. The van der Waals surface area contributed by atoms with Gasteiger partial charge in [-0.25, -0.2) is 9.78 Å². The van der Waals surface area contributed by atoms with E-state index in [0.717, 1.165) is 35.6 Å². The van der Waals surface area contributed by atoms with Crippen LogP contribution in [-0.2, 0) is 22.5 Å². The molecule has 10 nitrogen and oxygen atoms in total. The molecule has 42 heavy (non-hydrogen) atoms. The number of aromatic nitrogens is 1. The van der Waals surface area contributed by atoms with Crippen molar-refractivity contribution >= 4 is 40.1 Å². The van der Waals surface area contributed by atoms with Crippen molar-refractivity contribution < 1.29 is 19.1 Å². The number of nitrogens with zero attached hydrogens (tertiary/aromatic N) is 4. The van der Waals surface area contributed by atoms with E-state index in [1.807, 2.05) is 6.07 Å². The summed E-state index contributed by atoms with van der Waals surface area (Å²) in [6.45, 7) is 7.55. The Morgan fingerprint density at radius 1 is 1.10 bits per heavy atom. The zero-order valence-electron chi connectivity index (χ0n) is 24.1. The van der Waals surface area contributed by atoms with E-state index in [-0.39, 0.29) is 30.8 Å². The lowest BCUT2D eigenvalue weighted by molar-refractivity contribution is -0.119. The highest BCUT2D eigenvalue weighted by atomic mass is 32.1. The second kappa shape index (κ2) is 11.9. The number of anilines is 2. The topological polar surface area (TPSA) is 128 Å². The molecular weight excluding hydrogens is 552 g/mol. The smallest absolute Gasteiger partial charge is 0.410 e. The minimum Gasteiger partial charge on any atom is -0.444 e. The second-order valence-electron chi connectivity index (χ2n) is 11.7.